The fraction of sp³-hybridized carbons (Fsp3) is 0.600. The number of aryl methyl sites for hydroxylation is 1. The molecule has 0 saturated carbocycles. The van der Waals surface area contributed by atoms with E-state index in [1.807, 2.05) is 27.7 Å². The van der Waals surface area contributed by atoms with Gasteiger partial charge in [0.1, 0.15) is 11.5 Å². The van der Waals surface area contributed by atoms with Gasteiger partial charge >= 0.3 is 0 Å². The van der Waals surface area contributed by atoms with Crippen LogP contribution in [0, 0.1) is 18.6 Å². The molecule has 1 aliphatic rings. The summed E-state index contributed by atoms with van der Waals surface area (Å²) in [5.41, 5.74) is -0.386. The molecule has 1 fully saturated rings. The Kier molecular flexibility index (Phi) is 3.33. The maximum absolute atomic E-state index is 14.0. The van der Waals surface area contributed by atoms with Crippen LogP contribution < -0.4 is 5.32 Å². The summed E-state index contributed by atoms with van der Waals surface area (Å²) in [6, 6.07) is 2.60. The van der Waals surface area contributed by atoms with E-state index >= 15 is 0 Å². The van der Waals surface area contributed by atoms with Gasteiger partial charge in [-0.2, -0.15) is 0 Å². The summed E-state index contributed by atoms with van der Waals surface area (Å²) in [7, 11) is 0. The summed E-state index contributed by atoms with van der Waals surface area (Å²) in [5, 5.41) is 2.99. The fourth-order valence-corrected chi connectivity index (χ4v) is 2.75. The molecule has 2 nitrogen and oxygen atoms in total. The van der Waals surface area contributed by atoms with Gasteiger partial charge in [-0.25, -0.2) is 8.78 Å². The highest BCUT2D eigenvalue weighted by atomic mass is 19.1. The SMILES string of the molecule is Cc1ccc(F)c(NC2CC(C)(C)OC2(C)C)c1F. The third kappa shape index (κ3) is 2.73. The fourth-order valence-electron chi connectivity index (χ4n) is 2.75. The molecule has 0 spiro atoms. The first-order chi connectivity index (χ1) is 8.62. The van der Waals surface area contributed by atoms with E-state index in [-0.39, 0.29) is 17.3 Å². The molecule has 2 rings (SSSR count). The molecule has 1 aromatic carbocycles. The van der Waals surface area contributed by atoms with Gasteiger partial charge in [0.05, 0.1) is 17.2 Å². The van der Waals surface area contributed by atoms with Gasteiger partial charge < -0.3 is 10.1 Å². The zero-order chi connectivity index (χ0) is 14.4. The standard InChI is InChI=1S/C15H21F2NO/c1-9-6-7-10(16)13(12(9)17)18-11-8-14(2,3)19-15(11,4)5/h6-7,11,18H,8H2,1-5H3. The number of ether oxygens (including phenoxy) is 1. The van der Waals surface area contributed by atoms with Crippen molar-refractivity contribution in [2.45, 2.75) is 58.3 Å². The largest absolute Gasteiger partial charge is 0.375 e. The molecule has 1 aliphatic heterocycles. The first-order valence-corrected chi connectivity index (χ1v) is 6.54. The monoisotopic (exact) mass is 269 g/mol. The van der Waals surface area contributed by atoms with E-state index in [0.29, 0.717) is 12.0 Å². The second-order valence-electron chi connectivity index (χ2n) is 6.42. The zero-order valence-corrected chi connectivity index (χ0v) is 12.1. The number of nitrogens with one attached hydrogen (secondary N) is 1. The van der Waals surface area contributed by atoms with Crippen LogP contribution in [-0.4, -0.2) is 17.2 Å². The predicted octanol–water partition coefficient (Wildman–Crippen LogP) is 4.03. The Morgan fingerprint density at radius 3 is 2.37 bits per heavy atom. The van der Waals surface area contributed by atoms with E-state index < -0.39 is 17.2 Å². The molecule has 1 aromatic rings. The van der Waals surface area contributed by atoms with Gasteiger partial charge in [-0.15, -0.1) is 0 Å². The van der Waals surface area contributed by atoms with Crippen LogP contribution in [-0.2, 0) is 4.74 Å². The Labute approximate surface area is 113 Å². The molecule has 0 radical (unpaired) electrons. The molecule has 1 saturated heterocycles. The Morgan fingerprint density at radius 2 is 1.84 bits per heavy atom. The third-order valence-electron chi connectivity index (χ3n) is 3.68. The molecule has 1 unspecified atom stereocenters. The van der Waals surface area contributed by atoms with Crippen molar-refractivity contribution in [1.82, 2.24) is 0 Å². The normalized spacial score (nSPS) is 24.5. The van der Waals surface area contributed by atoms with Gasteiger partial charge in [-0.1, -0.05) is 6.07 Å². The average molecular weight is 269 g/mol. The molecule has 106 valence electrons. The van der Waals surface area contributed by atoms with Crippen molar-refractivity contribution in [1.29, 1.82) is 0 Å². The van der Waals surface area contributed by atoms with Crippen molar-refractivity contribution in [3.63, 3.8) is 0 Å². The predicted molar refractivity (Wildman–Crippen MR) is 72.4 cm³/mol. The molecule has 1 atom stereocenters. The van der Waals surface area contributed by atoms with E-state index in [0.717, 1.165) is 0 Å². The van der Waals surface area contributed by atoms with Crippen molar-refractivity contribution < 1.29 is 13.5 Å². The average Bonchev–Trinajstić information content (AvgIpc) is 2.47. The minimum Gasteiger partial charge on any atom is -0.375 e. The van der Waals surface area contributed by atoms with Gasteiger partial charge in [-0.05, 0) is 52.7 Å². The minimum absolute atomic E-state index is 0.0561. The molecular formula is C15H21F2NO. The Bertz CT molecular complexity index is 497. The van der Waals surface area contributed by atoms with Crippen LogP contribution in [0.5, 0.6) is 0 Å². The maximum Gasteiger partial charge on any atom is 0.152 e. The lowest BCUT2D eigenvalue weighted by Crippen LogP contribution is -2.38. The van der Waals surface area contributed by atoms with Crippen molar-refractivity contribution in [3.8, 4) is 0 Å². The summed E-state index contributed by atoms with van der Waals surface area (Å²) >= 11 is 0. The van der Waals surface area contributed by atoms with Crippen LogP contribution in [0.4, 0.5) is 14.5 Å². The smallest absolute Gasteiger partial charge is 0.152 e. The number of hydrogen-bond acceptors (Lipinski definition) is 2. The van der Waals surface area contributed by atoms with Crippen molar-refractivity contribution in [3.05, 3.63) is 29.3 Å². The van der Waals surface area contributed by atoms with Crippen LogP contribution in [0.2, 0.25) is 0 Å². The molecule has 0 bridgehead atoms. The summed E-state index contributed by atoms with van der Waals surface area (Å²) in [6.07, 6.45) is 0.701. The minimum atomic E-state index is -0.566. The molecule has 1 N–H and O–H groups in total. The van der Waals surface area contributed by atoms with Gasteiger partial charge in [0.15, 0.2) is 5.82 Å². The lowest BCUT2D eigenvalue weighted by molar-refractivity contribution is -0.0662. The first-order valence-electron chi connectivity index (χ1n) is 6.54. The van der Waals surface area contributed by atoms with Crippen LogP contribution >= 0.6 is 0 Å². The van der Waals surface area contributed by atoms with Crippen LogP contribution in [0.1, 0.15) is 39.7 Å². The number of hydrogen-bond donors (Lipinski definition) is 1. The number of anilines is 1. The highest BCUT2D eigenvalue weighted by Gasteiger charge is 2.46. The van der Waals surface area contributed by atoms with E-state index in [1.165, 1.54) is 12.1 Å². The Hall–Kier alpha value is -1.16. The molecular weight excluding hydrogens is 248 g/mol. The summed E-state index contributed by atoms with van der Waals surface area (Å²) in [5.74, 6) is -1.09. The van der Waals surface area contributed by atoms with Gasteiger partial charge in [0.2, 0.25) is 0 Å². The number of benzene rings is 1. The topological polar surface area (TPSA) is 21.3 Å². The summed E-state index contributed by atoms with van der Waals surface area (Å²) in [6.45, 7) is 9.47. The number of halogens is 2. The zero-order valence-electron chi connectivity index (χ0n) is 12.1. The lowest BCUT2D eigenvalue weighted by Gasteiger charge is -2.28. The van der Waals surface area contributed by atoms with Crippen molar-refractivity contribution in [2.24, 2.45) is 0 Å². The second kappa shape index (κ2) is 4.44. The Balaban J connectivity index is 2.30. The van der Waals surface area contributed by atoms with Crippen LogP contribution in [0.25, 0.3) is 0 Å². The summed E-state index contributed by atoms with van der Waals surface area (Å²) < 4.78 is 33.7. The molecule has 1 heterocycles. The van der Waals surface area contributed by atoms with Crippen LogP contribution in [0.3, 0.4) is 0 Å². The third-order valence-corrected chi connectivity index (χ3v) is 3.68. The highest BCUT2D eigenvalue weighted by Crippen LogP contribution is 2.39. The van der Waals surface area contributed by atoms with Crippen molar-refractivity contribution in [2.75, 3.05) is 5.32 Å². The van der Waals surface area contributed by atoms with Crippen LogP contribution in [0.15, 0.2) is 12.1 Å². The molecule has 4 heteroatoms. The van der Waals surface area contributed by atoms with Gasteiger partial charge in [-0.3, -0.25) is 0 Å². The van der Waals surface area contributed by atoms with Gasteiger partial charge in [0, 0.05) is 0 Å². The Morgan fingerprint density at radius 1 is 1.21 bits per heavy atom. The van der Waals surface area contributed by atoms with Crippen molar-refractivity contribution >= 4 is 5.69 Å². The summed E-state index contributed by atoms with van der Waals surface area (Å²) in [4.78, 5) is 0. The quantitative estimate of drug-likeness (QED) is 0.875. The highest BCUT2D eigenvalue weighted by molar-refractivity contribution is 5.50. The van der Waals surface area contributed by atoms with E-state index in [9.17, 15) is 8.78 Å². The first kappa shape index (κ1) is 14.3. The van der Waals surface area contributed by atoms with E-state index in [4.69, 9.17) is 4.74 Å². The van der Waals surface area contributed by atoms with E-state index in [2.05, 4.69) is 5.32 Å². The lowest BCUT2D eigenvalue weighted by atomic mass is 9.94. The molecule has 0 amide bonds. The molecule has 0 aromatic heterocycles. The molecule has 19 heavy (non-hydrogen) atoms. The number of rotatable bonds is 2. The maximum atomic E-state index is 14.0. The second-order valence-corrected chi connectivity index (χ2v) is 6.42. The molecule has 0 aliphatic carbocycles. The van der Waals surface area contributed by atoms with E-state index in [1.54, 1.807) is 6.92 Å². The van der Waals surface area contributed by atoms with Gasteiger partial charge in [0.25, 0.3) is 0 Å².